The van der Waals surface area contributed by atoms with Crippen LogP contribution in [-0.2, 0) is 4.79 Å². The summed E-state index contributed by atoms with van der Waals surface area (Å²) in [7, 11) is 0. The molecule has 0 saturated carbocycles. The lowest BCUT2D eigenvalue weighted by Crippen LogP contribution is -2.11. The third kappa shape index (κ3) is 4.43. The summed E-state index contributed by atoms with van der Waals surface area (Å²) >= 11 is 5.54. The van der Waals surface area contributed by atoms with Gasteiger partial charge in [0, 0.05) is 29.1 Å². The quantitative estimate of drug-likeness (QED) is 0.650. The summed E-state index contributed by atoms with van der Waals surface area (Å²) in [5.74, 6) is 0.367. The zero-order valence-electron chi connectivity index (χ0n) is 11.5. The largest absolute Gasteiger partial charge is 0.326 e. The van der Waals surface area contributed by atoms with E-state index in [1.54, 1.807) is 36.4 Å². The van der Waals surface area contributed by atoms with E-state index >= 15 is 0 Å². The van der Waals surface area contributed by atoms with Gasteiger partial charge in [-0.25, -0.2) is 0 Å². The lowest BCUT2D eigenvalue weighted by Gasteiger charge is -2.06. The first-order valence-corrected chi connectivity index (χ1v) is 7.30. The SMILES string of the molecule is O=C(CCCCl)Nc1ccc(C(=O)c2ccccc2)cc1. The fraction of sp³-hybridized carbons (Fsp3) is 0.176. The molecule has 108 valence electrons. The van der Waals surface area contributed by atoms with Crippen molar-refractivity contribution in [3.05, 3.63) is 65.7 Å². The van der Waals surface area contributed by atoms with E-state index in [-0.39, 0.29) is 11.7 Å². The number of amides is 1. The van der Waals surface area contributed by atoms with Crippen molar-refractivity contribution in [3.8, 4) is 0 Å². The van der Waals surface area contributed by atoms with Crippen molar-refractivity contribution in [2.45, 2.75) is 12.8 Å². The van der Waals surface area contributed by atoms with Gasteiger partial charge in [-0.1, -0.05) is 30.3 Å². The number of nitrogens with one attached hydrogen (secondary N) is 1. The first-order valence-electron chi connectivity index (χ1n) is 6.76. The Bertz CT molecular complexity index is 608. The summed E-state index contributed by atoms with van der Waals surface area (Å²) in [4.78, 5) is 23.8. The molecule has 0 aromatic heterocycles. The molecule has 0 heterocycles. The lowest BCUT2D eigenvalue weighted by atomic mass is 10.0. The van der Waals surface area contributed by atoms with Crippen molar-refractivity contribution in [1.29, 1.82) is 0 Å². The fourth-order valence-corrected chi connectivity index (χ4v) is 2.05. The number of hydrogen-bond donors (Lipinski definition) is 1. The average molecular weight is 302 g/mol. The predicted molar refractivity (Wildman–Crippen MR) is 84.9 cm³/mol. The van der Waals surface area contributed by atoms with Crippen molar-refractivity contribution in [1.82, 2.24) is 0 Å². The van der Waals surface area contributed by atoms with Gasteiger partial charge in [0.25, 0.3) is 0 Å². The predicted octanol–water partition coefficient (Wildman–Crippen LogP) is 3.88. The molecule has 2 aromatic rings. The molecule has 3 nitrogen and oxygen atoms in total. The molecule has 1 amide bonds. The van der Waals surface area contributed by atoms with E-state index in [9.17, 15) is 9.59 Å². The molecular weight excluding hydrogens is 286 g/mol. The number of alkyl halides is 1. The molecule has 0 aliphatic rings. The standard InChI is InChI=1S/C17H16ClNO2/c18-12-4-7-16(20)19-15-10-8-14(9-11-15)17(21)13-5-2-1-3-6-13/h1-3,5-6,8-11H,4,7,12H2,(H,19,20). The van der Waals surface area contributed by atoms with Crippen LogP contribution in [0.4, 0.5) is 5.69 Å². The second-order valence-electron chi connectivity index (χ2n) is 4.61. The smallest absolute Gasteiger partial charge is 0.224 e. The summed E-state index contributed by atoms with van der Waals surface area (Å²) in [6.07, 6.45) is 1.05. The monoisotopic (exact) mass is 301 g/mol. The van der Waals surface area contributed by atoms with E-state index < -0.39 is 0 Å². The highest BCUT2D eigenvalue weighted by atomic mass is 35.5. The molecule has 0 saturated heterocycles. The summed E-state index contributed by atoms with van der Waals surface area (Å²) in [5, 5.41) is 2.77. The van der Waals surface area contributed by atoms with E-state index in [1.807, 2.05) is 18.2 Å². The average Bonchev–Trinajstić information content (AvgIpc) is 2.54. The molecule has 0 fully saturated rings. The minimum atomic E-state index is -0.0715. The molecule has 4 heteroatoms. The first-order chi connectivity index (χ1) is 10.2. The van der Waals surface area contributed by atoms with Crippen molar-refractivity contribution in [3.63, 3.8) is 0 Å². The first kappa shape index (κ1) is 15.3. The number of carbonyl (C=O) groups is 2. The number of hydrogen-bond acceptors (Lipinski definition) is 2. The van der Waals surface area contributed by atoms with Crippen molar-refractivity contribution in [2.75, 3.05) is 11.2 Å². The third-order valence-corrected chi connectivity index (χ3v) is 3.27. The van der Waals surface area contributed by atoms with E-state index in [4.69, 9.17) is 11.6 Å². The van der Waals surface area contributed by atoms with E-state index in [1.165, 1.54) is 0 Å². The molecule has 0 aliphatic heterocycles. The Morgan fingerprint density at radius 1 is 0.905 bits per heavy atom. The normalized spacial score (nSPS) is 10.1. The van der Waals surface area contributed by atoms with Crippen LogP contribution in [0.2, 0.25) is 0 Å². The molecule has 0 spiro atoms. The zero-order valence-corrected chi connectivity index (χ0v) is 12.3. The number of anilines is 1. The maximum atomic E-state index is 12.2. The van der Waals surface area contributed by atoms with Crippen LogP contribution in [0.15, 0.2) is 54.6 Å². The summed E-state index contributed by atoms with van der Waals surface area (Å²) in [6, 6.07) is 16.0. The van der Waals surface area contributed by atoms with Crippen LogP contribution in [0, 0.1) is 0 Å². The van der Waals surface area contributed by atoms with Crippen LogP contribution in [0.5, 0.6) is 0 Å². The topological polar surface area (TPSA) is 46.2 Å². The molecule has 0 bridgehead atoms. The Morgan fingerprint density at radius 3 is 2.14 bits per heavy atom. The highest BCUT2D eigenvalue weighted by molar-refractivity contribution is 6.18. The molecule has 2 aromatic carbocycles. The van der Waals surface area contributed by atoms with Gasteiger partial charge >= 0.3 is 0 Å². The molecule has 0 aliphatic carbocycles. The van der Waals surface area contributed by atoms with E-state index in [0.29, 0.717) is 35.5 Å². The summed E-state index contributed by atoms with van der Waals surface area (Å²) in [5.41, 5.74) is 1.93. The van der Waals surface area contributed by atoms with Gasteiger partial charge in [-0.05, 0) is 30.7 Å². The Hall–Kier alpha value is -2.13. The Labute approximate surface area is 128 Å². The van der Waals surface area contributed by atoms with Crippen LogP contribution >= 0.6 is 11.6 Å². The third-order valence-electron chi connectivity index (χ3n) is 3.00. The Morgan fingerprint density at radius 2 is 1.52 bits per heavy atom. The highest BCUT2D eigenvalue weighted by Crippen LogP contribution is 2.14. The molecule has 0 unspecified atom stereocenters. The van der Waals surface area contributed by atoms with Crippen LogP contribution in [0.3, 0.4) is 0 Å². The summed E-state index contributed by atoms with van der Waals surface area (Å²) in [6.45, 7) is 0. The molecule has 21 heavy (non-hydrogen) atoms. The minimum Gasteiger partial charge on any atom is -0.326 e. The molecule has 2 rings (SSSR count). The molecule has 0 radical (unpaired) electrons. The summed E-state index contributed by atoms with van der Waals surface area (Å²) < 4.78 is 0. The van der Waals surface area contributed by atoms with Crippen LogP contribution in [0.25, 0.3) is 0 Å². The minimum absolute atomic E-state index is 0.0318. The van der Waals surface area contributed by atoms with Crippen molar-refractivity contribution < 1.29 is 9.59 Å². The van der Waals surface area contributed by atoms with Crippen LogP contribution in [-0.4, -0.2) is 17.6 Å². The Balaban J connectivity index is 2.02. The fourth-order valence-electron chi connectivity index (χ4n) is 1.91. The van der Waals surface area contributed by atoms with Gasteiger partial charge in [-0.15, -0.1) is 11.6 Å². The van der Waals surface area contributed by atoms with Gasteiger partial charge in [-0.3, -0.25) is 9.59 Å². The van der Waals surface area contributed by atoms with Gasteiger partial charge in [0.05, 0.1) is 0 Å². The molecule has 1 N–H and O–H groups in total. The number of benzene rings is 2. The van der Waals surface area contributed by atoms with Gasteiger partial charge in [0.1, 0.15) is 0 Å². The van der Waals surface area contributed by atoms with Crippen molar-refractivity contribution in [2.24, 2.45) is 0 Å². The van der Waals surface area contributed by atoms with Gasteiger partial charge in [0.15, 0.2) is 5.78 Å². The van der Waals surface area contributed by atoms with Gasteiger partial charge < -0.3 is 5.32 Å². The maximum absolute atomic E-state index is 12.2. The number of ketones is 1. The van der Waals surface area contributed by atoms with Crippen LogP contribution in [0.1, 0.15) is 28.8 Å². The second-order valence-corrected chi connectivity index (χ2v) is 4.99. The maximum Gasteiger partial charge on any atom is 0.224 e. The molecule has 0 atom stereocenters. The number of carbonyl (C=O) groups excluding carboxylic acids is 2. The van der Waals surface area contributed by atoms with Crippen LogP contribution < -0.4 is 5.32 Å². The van der Waals surface area contributed by atoms with Crippen molar-refractivity contribution >= 4 is 29.0 Å². The lowest BCUT2D eigenvalue weighted by molar-refractivity contribution is -0.116. The van der Waals surface area contributed by atoms with Gasteiger partial charge in [0.2, 0.25) is 5.91 Å². The van der Waals surface area contributed by atoms with E-state index in [0.717, 1.165) is 0 Å². The van der Waals surface area contributed by atoms with E-state index in [2.05, 4.69) is 5.32 Å². The Kier molecular flexibility index (Phi) is 5.52. The van der Waals surface area contributed by atoms with Gasteiger partial charge in [-0.2, -0.15) is 0 Å². The number of rotatable bonds is 6. The highest BCUT2D eigenvalue weighted by Gasteiger charge is 2.08. The second kappa shape index (κ2) is 7.60. The zero-order chi connectivity index (χ0) is 15.1. The molecular formula is C17H16ClNO2. The number of halogens is 1.